The Morgan fingerprint density at radius 3 is 1.85 bits per heavy atom. The van der Waals surface area contributed by atoms with Crippen molar-refractivity contribution in [1.82, 2.24) is 5.32 Å². The van der Waals surface area contributed by atoms with Crippen LogP contribution in [0, 0.1) is 11.8 Å². The summed E-state index contributed by atoms with van der Waals surface area (Å²) in [5.41, 5.74) is 1.35. The molecule has 1 aromatic rings. The molecule has 1 atom stereocenters. The summed E-state index contributed by atoms with van der Waals surface area (Å²) in [7, 11) is 0. The molecule has 20 heavy (non-hydrogen) atoms. The van der Waals surface area contributed by atoms with E-state index in [1.165, 1.54) is 18.4 Å². The molecule has 0 amide bonds. The molecule has 0 aliphatic heterocycles. The van der Waals surface area contributed by atoms with Crippen LogP contribution in [0.25, 0.3) is 0 Å². The van der Waals surface area contributed by atoms with E-state index in [-0.39, 0.29) is 0 Å². The van der Waals surface area contributed by atoms with E-state index in [1.807, 2.05) is 12.1 Å². The van der Waals surface area contributed by atoms with Gasteiger partial charge in [-0.1, -0.05) is 51.4 Å². The van der Waals surface area contributed by atoms with Crippen LogP contribution in [0.15, 0.2) is 24.3 Å². The van der Waals surface area contributed by atoms with E-state index in [0.29, 0.717) is 12.1 Å². The summed E-state index contributed by atoms with van der Waals surface area (Å²) >= 11 is 5.93. The highest BCUT2D eigenvalue weighted by Gasteiger charge is 2.15. The van der Waals surface area contributed by atoms with E-state index < -0.39 is 0 Å². The Bertz CT molecular complexity index is 360. The van der Waals surface area contributed by atoms with Crippen LogP contribution in [0.1, 0.15) is 53.0 Å². The molecular formula is C18H30ClN. The third-order valence-electron chi connectivity index (χ3n) is 3.49. The largest absolute Gasteiger partial charge is 0.311 e. The normalized spacial score (nSPS) is 13.4. The number of rotatable bonds is 8. The van der Waals surface area contributed by atoms with Gasteiger partial charge in [0.15, 0.2) is 0 Å². The lowest BCUT2D eigenvalue weighted by atomic mass is 9.94. The number of halogens is 1. The van der Waals surface area contributed by atoms with Gasteiger partial charge in [0.05, 0.1) is 0 Å². The molecule has 0 radical (unpaired) electrons. The van der Waals surface area contributed by atoms with Gasteiger partial charge in [0.2, 0.25) is 0 Å². The maximum Gasteiger partial charge on any atom is 0.0406 e. The highest BCUT2D eigenvalue weighted by molar-refractivity contribution is 6.30. The summed E-state index contributed by atoms with van der Waals surface area (Å²) in [4.78, 5) is 0. The summed E-state index contributed by atoms with van der Waals surface area (Å²) < 4.78 is 0. The fourth-order valence-corrected chi connectivity index (χ4v) is 2.93. The van der Waals surface area contributed by atoms with Crippen LogP contribution in [0.5, 0.6) is 0 Å². The predicted octanol–water partition coefficient (Wildman–Crippen LogP) is 5.32. The summed E-state index contributed by atoms with van der Waals surface area (Å²) in [6.45, 7) is 11.5. The van der Waals surface area contributed by atoms with Gasteiger partial charge in [0, 0.05) is 17.1 Å². The zero-order chi connectivity index (χ0) is 15.1. The quantitative estimate of drug-likeness (QED) is 0.684. The maximum absolute atomic E-state index is 5.93. The van der Waals surface area contributed by atoms with Crippen LogP contribution in [0.4, 0.5) is 0 Å². The monoisotopic (exact) mass is 295 g/mol. The summed E-state index contributed by atoms with van der Waals surface area (Å²) in [5.74, 6) is 1.49. The molecule has 1 N–H and O–H groups in total. The molecule has 0 bridgehead atoms. The molecule has 0 aliphatic carbocycles. The first kappa shape index (κ1) is 17.5. The van der Waals surface area contributed by atoms with E-state index in [1.54, 1.807) is 0 Å². The second-order valence-electron chi connectivity index (χ2n) is 6.85. The molecule has 0 saturated carbocycles. The number of hydrogen-bond acceptors (Lipinski definition) is 1. The van der Waals surface area contributed by atoms with Crippen molar-refractivity contribution in [2.45, 2.75) is 66.0 Å². The molecule has 2 heteroatoms. The lowest BCUT2D eigenvalue weighted by Gasteiger charge is -2.26. The second-order valence-corrected chi connectivity index (χ2v) is 7.29. The average Bonchev–Trinajstić information content (AvgIpc) is 2.30. The van der Waals surface area contributed by atoms with Crippen LogP contribution in [-0.4, -0.2) is 12.1 Å². The Morgan fingerprint density at radius 2 is 1.40 bits per heavy atom. The molecule has 0 aromatic heterocycles. The number of benzene rings is 1. The topological polar surface area (TPSA) is 12.0 Å². The van der Waals surface area contributed by atoms with Gasteiger partial charge in [-0.05, 0) is 55.7 Å². The van der Waals surface area contributed by atoms with Gasteiger partial charge >= 0.3 is 0 Å². The third kappa shape index (κ3) is 7.31. The Hall–Kier alpha value is -0.530. The highest BCUT2D eigenvalue weighted by Crippen LogP contribution is 2.16. The van der Waals surface area contributed by atoms with Crippen molar-refractivity contribution in [2.75, 3.05) is 0 Å². The van der Waals surface area contributed by atoms with Gasteiger partial charge in [-0.3, -0.25) is 0 Å². The number of hydrogen-bond donors (Lipinski definition) is 1. The minimum atomic E-state index is 0.499. The van der Waals surface area contributed by atoms with Gasteiger partial charge in [0.1, 0.15) is 0 Å². The average molecular weight is 296 g/mol. The van der Waals surface area contributed by atoms with Crippen molar-refractivity contribution in [1.29, 1.82) is 0 Å². The summed E-state index contributed by atoms with van der Waals surface area (Å²) in [6.07, 6.45) is 3.57. The smallest absolute Gasteiger partial charge is 0.0406 e. The van der Waals surface area contributed by atoms with Crippen molar-refractivity contribution in [2.24, 2.45) is 11.8 Å². The molecule has 0 saturated heterocycles. The van der Waals surface area contributed by atoms with E-state index >= 15 is 0 Å². The molecule has 1 unspecified atom stereocenters. The molecule has 0 fully saturated rings. The summed E-state index contributed by atoms with van der Waals surface area (Å²) in [6, 6.07) is 9.32. The van der Waals surface area contributed by atoms with Crippen molar-refractivity contribution in [3.8, 4) is 0 Å². The fraction of sp³-hybridized carbons (Fsp3) is 0.667. The lowest BCUT2D eigenvalue weighted by molar-refractivity contribution is 0.332. The van der Waals surface area contributed by atoms with Gasteiger partial charge in [-0.25, -0.2) is 0 Å². The minimum absolute atomic E-state index is 0.499. The van der Waals surface area contributed by atoms with Crippen LogP contribution < -0.4 is 5.32 Å². The van der Waals surface area contributed by atoms with E-state index in [4.69, 9.17) is 11.6 Å². The van der Waals surface area contributed by atoms with Crippen LogP contribution in [-0.2, 0) is 6.42 Å². The van der Waals surface area contributed by atoms with Crippen molar-refractivity contribution in [3.05, 3.63) is 34.9 Å². The van der Waals surface area contributed by atoms with Gasteiger partial charge in [0.25, 0.3) is 0 Å². The Morgan fingerprint density at radius 1 is 0.900 bits per heavy atom. The van der Waals surface area contributed by atoms with Gasteiger partial charge in [-0.15, -0.1) is 0 Å². The van der Waals surface area contributed by atoms with Crippen molar-refractivity contribution < 1.29 is 0 Å². The Labute approximate surface area is 130 Å². The third-order valence-corrected chi connectivity index (χ3v) is 3.74. The Kier molecular flexibility index (Phi) is 7.61. The Balaban J connectivity index is 2.51. The first-order chi connectivity index (χ1) is 9.36. The van der Waals surface area contributed by atoms with Gasteiger partial charge < -0.3 is 5.32 Å². The van der Waals surface area contributed by atoms with Crippen LogP contribution in [0.2, 0.25) is 5.02 Å². The van der Waals surface area contributed by atoms with E-state index in [2.05, 4.69) is 52.1 Å². The minimum Gasteiger partial charge on any atom is -0.311 e. The highest BCUT2D eigenvalue weighted by atomic mass is 35.5. The van der Waals surface area contributed by atoms with E-state index in [0.717, 1.165) is 23.3 Å². The molecule has 0 heterocycles. The first-order valence-corrected chi connectivity index (χ1v) is 8.25. The maximum atomic E-state index is 5.93. The standard InChI is InChI=1S/C18H30ClN/c1-13(2)10-18(11-14(3)4)20-15(5)12-16-6-8-17(19)9-7-16/h6-9,13-15,18,20H,10-12H2,1-5H3. The van der Waals surface area contributed by atoms with E-state index in [9.17, 15) is 0 Å². The predicted molar refractivity (Wildman–Crippen MR) is 90.5 cm³/mol. The molecule has 1 rings (SSSR count). The molecule has 1 nitrogen and oxygen atoms in total. The molecule has 0 aliphatic rings. The molecule has 114 valence electrons. The lowest BCUT2D eigenvalue weighted by Crippen LogP contribution is -2.39. The van der Waals surface area contributed by atoms with Crippen molar-refractivity contribution in [3.63, 3.8) is 0 Å². The zero-order valence-electron chi connectivity index (χ0n) is 13.6. The summed E-state index contributed by atoms with van der Waals surface area (Å²) in [5, 5.41) is 4.62. The first-order valence-electron chi connectivity index (χ1n) is 7.87. The second kappa shape index (κ2) is 8.69. The van der Waals surface area contributed by atoms with Crippen LogP contribution >= 0.6 is 11.6 Å². The fourth-order valence-electron chi connectivity index (χ4n) is 2.81. The SMILES string of the molecule is CC(C)CC(CC(C)C)NC(C)Cc1ccc(Cl)cc1. The van der Waals surface area contributed by atoms with Crippen LogP contribution in [0.3, 0.4) is 0 Å². The molecule has 1 aromatic carbocycles. The van der Waals surface area contributed by atoms with Crippen molar-refractivity contribution >= 4 is 11.6 Å². The molecule has 0 spiro atoms. The molecular weight excluding hydrogens is 266 g/mol. The van der Waals surface area contributed by atoms with Gasteiger partial charge in [-0.2, -0.15) is 0 Å². The zero-order valence-corrected chi connectivity index (χ0v) is 14.4. The number of nitrogens with one attached hydrogen (secondary N) is 1.